The maximum absolute atomic E-state index is 13.5. The van der Waals surface area contributed by atoms with Gasteiger partial charge in [0.05, 0.1) is 26.7 Å². The Morgan fingerprint density at radius 3 is 2.73 bits per heavy atom. The highest BCUT2D eigenvalue weighted by Crippen LogP contribution is 2.36. The van der Waals surface area contributed by atoms with Gasteiger partial charge in [0.25, 0.3) is 5.91 Å². The zero-order chi connectivity index (χ0) is 29.1. The number of aromatic nitrogens is 1. The fourth-order valence-corrected chi connectivity index (χ4v) is 5.49. The van der Waals surface area contributed by atoms with Gasteiger partial charge >= 0.3 is 6.18 Å². The Kier molecular flexibility index (Phi) is 9.06. The van der Waals surface area contributed by atoms with Crippen molar-refractivity contribution >= 4 is 39.1 Å². The SMILES string of the molecule is COC(NS(=O)(=O)c1ccc(Cl)c(C(F)(F)F)c1)c1cc(Cl)cnc1C(=O)N1C=COC(CC2=CC=CCC2)=C1. The number of rotatable bonds is 8. The molecular weight excluding hydrogens is 594 g/mol. The third kappa shape index (κ3) is 6.94. The maximum atomic E-state index is 13.5. The van der Waals surface area contributed by atoms with E-state index in [1.165, 1.54) is 35.8 Å². The summed E-state index contributed by atoms with van der Waals surface area (Å²) in [4.78, 5) is 18.1. The lowest BCUT2D eigenvalue weighted by Gasteiger charge is -2.24. The number of allylic oxidation sites excluding steroid dienone is 4. The fourth-order valence-electron chi connectivity index (χ4n) is 3.94. The van der Waals surface area contributed by atoms with Gasteiger partial charge in [-0.05, 0) is 37.1 Å². The van der Waals surface area contributed by atoms with Gasteiger partial charge in [0.1, 0.15) is 23.9 Å². The van der Waals surface area contributed by atoms with Gasteiger partial charge in [0.15, 0.2) is 0 Å². The summed E-state index contributed by atoms with van der Waals surface area (Å²) in [5.74, 6) is -0.159. The second-order valence-corrected chi connectivity index (χ2v) is 11.2. The van der Waals surface area contributed by atoms with Crippen molar-refractivity contribution in [3.8, 4) is 0 Å². The molecule has 0 saturated carbocycles. The van der Waals surface area contributed by atoms with E-state index >= 15 is 0 Å². The van der Waals surface area contributed by atoms with Crippen LogP contribution in [0.25, 0.3) is 0 Å². The number of hydrogen-bond donors (Lipinski definition) is 1. The number of amides is 1. The molecule has 1 N–H and O–H groups in total. The number of halogens is 5. The number of carbonyl (C=O) groups is 1. The second-order valence-electron chi connectivity index (χ2n) is 8.65. The van der Waals surface area contributed by atoms with Crippen LogP contribution in [-0.4, -0.2) is 31.3 Å². The zero-order valence-corrected chi connectivity index (χ0v) is 23.1. The summed E-state index contributed by atoms with van der Waals surface area (Å²) in [5.41, 5.74) is -0.490. The van der Waals surface area contributed by atoms with Crippen molar-refractivity contribution in [1.82, 2.24) is 14.6 Å². The summed E-state index contributed by atoms with van der Waals surface area (Å²) >= 11 is 11.7. The van der Waals surface area contributed by atoms with Crippen LogP contribution in [0.2, 0.25) is 10.0 Å². The second kappa shape index (κ2) is 12.1. The number of nitrogens with one attached hydrogen (secondary N) is 1. The first-order chi connectivity index (χ1) is 18.9. The molecule has 1 aromatic heterocycles. The highest BCUT2D eigenvalue weighted by atomic mass is 35.5. The van der Waals surface area contributed by atoms with Crippen LogP contribution < -0.4 is 4.72 Å². The van der Waals surface area contributed by atoms with E-state index in [0.29, 0.717) is 18.2 Å². The quantitative estimate of drug-likeness (QED) is 0.341. The Labute approximate surface area is 238 Å². The Morgan fingerprint density at radius 2 is 2.05 bits per heavy atom. The molecule has 40 heavy (non-hydrogen) atoms. The van der Waals surface area contributed by atoms with Crippen LogP contribution in [0, 0.1) is 0 Å². The minimum Gasteiger partial charge on any atom is -0.466 e. The van der Waals surface area contributed by atoms with Crippen molar-refractivity contribution < 1.29 is 35.9 Å². The van der Waals surface area contributed by atoms with E-state index in [1.807, 2.05) is 18.2 Å². The Bertz CT molecular complexity index is 1540. The first-order valence-electron chi connectivity index (χ1n) is 11.7. The lowest BCUT2D eigenvalue weighted by atomic mass is 10.0. The number of nitrogens with zero attached hydrogens (tertiary/aromatic N) is 2. The van der Waals surface area contributed by atoms with Crippen molar-refractivity contribution in [3.05, 3.63) is 106 Å². The minimum absolute atomic E-state index is 0.0599. The normalized spacial score (nSPS) is 16.3. The number of methoxy groups -OCH3 is 1. The van der Waals surface area contributed by atoms with Gasteiger partial charge in [-0.25, -0.2) is 13.4 Å². The Balaban J connectivity index is 1.63. The average Bonchev–Trinajstić information content (AvgIpc) is 2.91. The molecule has 0 fully saturated rings. The summed E-state index contributed by atoms with van der Waals surface area (Å²) in [6.45, 7) is 0. The topological polar surface area (TPSA) is 97.8 Å². The largest absolute Gasteiger partial charge is 0.466 e. The number of benzene rings is 1. The molecule has 0 saturated heterocycles. The van der Waals surface area contributed by atoms with Gasteiger partial charge in [-0.3, -0.25) is 9.69 Å². The number of pyridine rings is 1. The summed E-state index contributed by atoms with van der Waals surface area (Å²) in [5, 5.41) is -0.603. The molecule has 4 rings (SSSR count). The smallest absolute Gasteiger partial charge is 0.417 e. The molecule has 14 heteroatoms. The molecule has 0 spiro atoms. The first-order valence-corrected chi connectivity index (χ1v) is 13.9. The van der Waals surface area contributed by atoms with Crippen LogP contribution >= 0.6 is 23.2 Å². The molecule has 0 bridgehead atoms. The number of carbonyl (C=O) groups excluding carboxylic acids is 1. The van der Waals surface area contributed by atoms with Crippen molar-refractivity contribution in [2.45, 2.75) is 36.6 Å². The van der Waals surface area contributed by atoms with Crippen LogP contribution in [0.15, 0.2) is 83.6 Å². The fraction of sp³-hybridized carbons (Fsp3) is 0.231. The molecule has 2 aliphatic rings. The van der Waals surface area contributed by atoms with Gasteiger partial charge < -0.3 is 9.47 Å². The van der Waals surface area contributed by atoms with Crippen LogP contribution in [0.5, 0.6) is 0 Å². The predicted molar refractivity (Wildman–Crippen MR) is 141 cm³/mol. The zero-order valence-electron chi connectivity index (χ0n) is 20.8. The minimum atomic E-state index is -4.89. The molecule has 2 heterocycles. The number of ether oxygens (including phenoxy) is 2. The highest BCUT2D eigenvalue weighted by Gasteiger charge is 2.35. The van der Waals surface area contributed by atoms with Gasteiger partial charge in [-0.2, -0.15) is 17.9 Å². The van der Waals surface area contributed by atoms with Crippen LogP contribution in [0.4, 0.5) is 13.2 Å². The van der Waals surface area contributed by atoms with Gasteiger partial charge in [0, 0.05) is 31.5 Å². The third-order valence-corrected chi connectivity index (χ3v) is 7.82. The van der Waals surface area contributed by atoms with Crippen LogP contribution in [0.3, 0.4) is 0 Å². The van der Waals surface area contributed by atoms with E-state index < -0.39 is 43.8 Å². The van der Waals surface area contributed by atoms with Gasteiger partial charge in [0.2, 0.25) is 10.0 Å². The third-order valence-electron chi connectivity index (χ3n) is 5.88. The number of hydrogen-bond acceptors (Lipinski definition) is 6. The lowest BCUT2D eigenvalue weighted by Crippen LogP contribution is -2.33. The van der Waals surface area contributed by atoms with Crippen LogP contribution in [-0.2, 0) is 25.7 Å². The van der Waals surface area contributed by atoms with Crippen LogP contribution in [0.1, 0.15) is 47.1 Å². The molecule has 212 valence electrons. The van der Waals surface area contributed by atoms with Crippen molar-refractivity contribution in [2.24, 2.45) is 0 Å². The monoisotopic (exact) mass is 615 g/mol. The molecule has 0 radical (unpaired) electrons. The van der Waals surface area contributed by atoms with E-state index in [-0.39, 0.29) is 16.3 Å². The lowest BCUT2D eigenvalue weighted by molar-refractivity contribution is -0.137. The molecule has 1 atom stereocenters. The van der Waals surface area contributed by atoms with Crippen molar-refractivity contribution in [1.29, 1.82) is 0 Å². The summed E-state index contributed by atoms with van der Waals surface area (Å²) in [6, 6.07) is 3.42. The molecule has 1 aliphatic carbocycles. The molecule has 1 aliphatic heterocycles. The molecular formula is C26H22Cl2F3N3O5S. The predicted octanol–water partition coefficient (Wildman–Crippen LogP) is 6.48. The maximum Gasteiger partial charge on any atom is 0.417 e. The van der Waals surface area contributed by atoms with Crippen molar-refractivity contribution in [3.63, 3.8) is 0 Å². The summed E-state index contributed by atoms with van der Waals surface area (Å²) in [6.07, 6.45) is 7.14. The van der Waals surface area contributed by atoms with Gasteiger partial charge in [-0.1, -0.05) is 47.0 Å². The highest BCUT2D eigenvalue weighted by molar-refractivity contribution is 7.89. The Hall–Kier alpha value is -3.16. The molecule has 1 aromatic carbocycles. The van der Waals surface area contributed by atoms with E-state index in [9.17, 15) is 26.4 Å². The Morgan fingerprint density at radius 1 is 1.27 bits per heavy atom. The van der Waals surface area contributed by atoms with E-state index in [4.69, 9.17) is 32.7 Å². The van der Waals surface area contributed by atoms with E-state index in [1.54, 1.807) is 0 Å². The molecule has 1 amide bonds. The molecule has 8 nitrogen and oxygen atoms in total. The number of alkyl halides is 3. The van der Waals surface area contributed by atoms with Crippen molar-refractivity contribution in [2.75, 3.05) is 7.11 Å². The standard InChI is InChI=1S/C26H22Cl2F3N3O5S/c1-38-24(33-40(36,37)19-7-8-22(28)21(13-19)26(29,30)31)20-12-17(27)14-32-23(20)25(35)34-9-10-39-18(15-34)11-16-5-3-2-4-6-16/h2-3,5,7-10,12-15,24,33H,4,6,11H2,1H3. The summed E-state index contributed by atoms with van der Waals surface area (Å²) < 4.78 is 79.1. The number of sulfonamides is 1. The first kappa shape index (κ1) is 29.8. The van der Waals surface area contributed by atoms with E-state index in [0.717, 1.165) is 37.7 Å². The summed E-state index contributed by atoms with van der Waals surface area (Å²) in [7, 11) is -3.47. The molecule has 1 unspecified atom stereocenters. The molecule has 2 aromatic rings. The van der Waals surface area contributed by atoms with Gasteiger partial charge in [-0.15, -0.1) is 0 Å². The average molecular weight is 616 g/mol. The van der Waals surface area contributed by atoms with E-state index in [2.05, 4.69) is 9.71 Å².